The highest BCUT2D eigenvalue weighted by Crippen LogP contribution is 2.23. The predicted molar refractivity (Wildman–Crippen MR) is 124 cm³/mol. The van der Waals surface area contributed by atoms with Crippen LogP contribution in [0.15, 0.2) is 33.9 Å². The first-order valence-electron chi connectivity index (χ1n) is 10.7. The Bertz CT molecular complexity index is 1300. The molecule has 1 aliphatic heterocycles. The largest absolute Gasteiger partial charge is 0.368 e. The third-order valence-corrected chi connectivity index (χ3v) is 6.27. The Kier molecular flexibility index (Phi) is 5.84. The van der Waals surface area contributed by atoms with Gasteiger partial charge in [0, 0.05) is 46.8 Å². The van der Waals surface area contributed by atoms with E-state index in [0.29, 0.717) is 16.6 Å². The summed E-state index contributed by atoms with van der Waals surface area (Å²) in [6.45, 7) is 8.09. The van der Waals surface area contributed by atoms with Crippen molar-refractivity contribution >= 4 is 22.5 Å². The number of aromatic amines is 1. The number of piperazine rings is 1. The molecule has 0 radical (unpaired) electrons. The zero-order chi connectivity index (χ0) is 23.0. The average molecular weight is 437 g/mol. The maximum atomic E-state index is 12.4. The van der Waals surface area contributed by atoms with Gasteiger partial charge in [-0.1, -0.05) is 6.07 Å². The summed E-state index contributed by atoms with van der Waals surface area (Å²) >= 11 is 0. The van der Waals surface area contributed by atoms with Crippen molar-refractivity contribution in [2.24, 2.45) is 7.05 Å². The van der Waals surface area contributed by atoms with E-state index in [4.69, 9.17) is 0 Å². The molecule has 4 rings (SSSR count). The van der Waals surface area contributed by atoms with Gasteiger partial charge in [-0.15, -0.1) is 0 Å². The lowest BCUT2D eigenvalue weighted by Crippen LogP contribution is -2.46. The summed E-state index contributed by atoms with van der Waals surface area (Å²) < 4.78 is 1.10. The fraction of sp³-hybridized carbons (Fsp3) is 0.391. The molecular formula is C23H28N6O3. The molecule has 1 saturated heterocycles. The Morgan fingerprint density at radius 3 is 2.47 bits per heavy atom. The Hall–Kier alpha value is -3.46. The molecule has 1 amide bonds. The highest BCUT2D eigenvalue weighted by molar-refractivity contribution is 5.92. The molecular weight excluding hydrogens is 408 g/mol. The van der Waals surface area contributed by atoms with E-state index in [1.54, 1.807) is 19.2 Å². The van der Waals surface area contributed by atoms with E-state index in [0.717, 1.165) is 59.8 Å². The maximum Gasteiger partial charge on any atom is 0.328 e. The summed E-state index contributed by atoms with van der Waals surface area (Å²) in [5.41, 5.74) is 4.29. The van der Waals surface area contributed by atoms with Crippen LogP contribution in [-0.4, -0.2) is 58.6 Å². The standard InChI is InChI=1S/C23H28N6O3/c1-14-16(5-6-17-20(14)26-23(32)27(4)22(17)31)13-28-9-11-29(12-10-28)19-8-7-18(21(30)24-3)25-15(19)2/h5-8H,9-13H2,1-4H3,(H,24,30)(H,26,32). The summed E-state index contributed by atoms with van der Waals surface area (Å²) in [7, 11) is 3.08. The van der Waals surface area contributed by atoms with Gasteiger partial charge in [-0.2, -0.15) is 0 Å². The van der Waals surface area contributed by atoms with Gasteiger partial charge in [0.25, 0.3) is 11.5 Å². The molecule has 0 bridgehead atoms. The van der Waals surface area contributed by atoms with E-state index in [1.807, 2.05) is 26.0 Å². The number of hydrogen-bond donors (Lipinski definition) is 2. The minimum absolute atomic E-state index is 0.186. The highest BCUT2D eigenvalue weighted by atomic mass is 16.2. The molecule has 0 spiro atoms. The first-order valence-corrected chi connectivity index (χ1v) is 10.7. The molecule has 2 N–H and O–H groups in total. The van der Waals surface area contributed by atoms with Crippen molar-refractivity contribution in [3.63, 3.8) is 0 Å². The number of nitrogens with zero attached hydrogens (tertiary/aromatic N) is 4. The second-order valence-corrected chi connectivity index (χ2v) is 8.21. The van der Waals surface area contributed by atoms with Crippen molar-refractivity contribution < 1.29 is 4.79 Å². The molecule has 0 saturated carbocycles. The van der Waals surface area contributed by atoms with Crippen LogP contribution in [0.5, 0.6) is 0 Å². The zero-order valence-electron chi connectivity index (χ0n) is 18.9. The third-order valence-electron chi connectivity index (χ3n) is 6.27. The second kappa shape index (κ2) is 8.58. The van der Waals surface area contributed by atoms with Crippen molar-refractivity contribution in [1.82, 2.24) is 24.8 Å². The Balaban J connectivity index is 1.48. The van der Waals surface area contributed by atoms with Crippen LogP contribution in [0.2, 0.25) is 0 Å². The number of aryl methyl sites for hydroxylation is 2. The number of anilines is 1. The molecule has 3 aromatic rings. The number of fused-ring (bicyclic) bond motifs is 1. The van der Waals surface area contributed by atoms with E-state index >= 15 is 0 Å². The van der Waals surface area contributed by atoms with Gasteiger partial charge in [-0.3, -0.25) is 19.1 Å². The van der Waals surface area contributed by atoms with Gasteiger partial charge in [0.05, 0.1) is 22.3 Å². The molecule has 9 heteroatoms. The van der Waals surface area contributed by atoms with Crippen LogP contribution >= 0.6 is 0 Å². The average Bonchev–Trinajstić information content (AvgIpc) is 2.80. The summed E-state index contributed by atoms with van der Waals surface area (Å²) in [5, 5.41) is 3.13. The molecule has 0 unspecified atom stereocenters. The van der Waals surface area contributed by atoms with Gasteiger partial charge >= 0.3 is 5.69 Å². The number of carbonyl (C=O) groups is 1. The topological polar surface area (TPSA) is 103 Å². The number of benzene rings is 1. The van der Waals surface area contributed by atoms with Crippen LogP contribution in [0.3, 0.4) is 0 Å². The quantitative estimate of drug-likeness (QED) is 0.631. The fourth-order valence-corrected chi connectivity index (χ4v) is 4.26. The van der Waals surface area contributed by atoms with Crippen molar-refractivity contribution in [3.05, 3.63) is 67.6 Å². The summed E-state index contributed by atoms with van der Waals surface area (Å²) in [4.78, 5) is 48.2. The van der Waals surface area contributed by atoms with Crippen LogP contribution in [-0.2, 0) is 13.6 Å². The first-order chi connectivity index (χ1) is 15.3. The number of rotatable bonds is 4. The maximum absolute atomic E-state index is 12.4. The Morgan fingerprint density at radius 1 is 1.09 bits per heavy atom. The number of amides is 1. The Morgan fingerprint density at radius 2 is 1.81 bits per heavy atom. The van der Waals surface area contributed by atoms with E-state index in [-0.39, 0.29) is 11.5 Å². The third kappa shape index (κ3) is 3.91. The molecule has 0 aliphatic carbocycles. The summed E-state index contributed by atoms with van der Waals surface area (Å²) in [6.07, 6.45) is 0. The summed E-state index contributed by atoms with van der Waals surface area (Å²) in [5.74, 6) is -0.186. The number of pyridine rings is 1. The van der Waals surface area contributed by atoms with Gasteiger partial charge in [0.15, 0.2) is 0 Å². The van der Waals surface area contributed by atoms with Crippen LogP contribution in [0.1, 0.15) is 27.3 Å². The monoisotopic (exact) mass is 436 g/mol. The minimum atomic E-state index is -0.400. The molecule has 3 heterocycles. The summed E-state index contributed by atoms with van der Waals surface area (Å²) in [6, 6.07) is 7.51. The predicted octanol–water partition coefficient (Wildman–Crippen LogP) is 0.920. The van der Waals surface area contributed by atoms with E-state index < -0.39 is 5.69 Å². The Labute approximate surface area is 185 Å². The molecule has 9 nitrogen and oxygen atoms in total. The first kappa shape index (κ1) is 21.8. The molecule has 0 atom stereocenters. The molecule has 1 aliphatic rings. The van der Waals surface area contributed by atoms with Crippen molar-refractivity contribution in [2.75, 3.05) is 38.1 Å². The van der Waals surface area contributed by atoms with Gasteiger partial charge in [0.2, 0.25) is 0 Å². The fourth-order valence-electron chi connectivity index (χ4n) is 4.26. The van der Waals surface area contributed by atoms with Crippen LogP contribution in [0.25, 0.3) is 10.9 Å². The minimum Gasteiger partial charge on any atom is -0.368 e. The zero-order valence-corrected chi connectivity index (χ0v) is 18.9. The van der Waals surface area contributed by atoms with Crippen LogP contribution in [0.4, 0.5) is 5.69 Å². The smallest absolute Gasteiger partial charge is 0.328 e. The molecule has 32 heavy (non-hydrogen) atoms. The van der Waals surface area contributed by atoms with Crippen LogP contribution < -0.4 is 21.5 Å². The van der Waals surface area contributed by atoms with Crippen molar-refractivity contribution in [2.45, 2.75) is 20.4 Å². The van der Waals surface area contributed by atoms with Crippen molar-refractivity contribution in [1.29, 1.82) is 0 Å². The molecule has 1 fully saturated rings. The lowest BCUT2D eigenvalue weighted by Gasteiger charge is -2.36. The molecule has 168 valence electrons. The van der Waals surface area contributed by atoms with Gasteiger partial charge < -0.3 is 15.2 Å². The number of H-pyrrole nitrogens is 1. The van der Waals surface area contributed by atoms with Gasteiger partial charge in [0.1, 0.15) is 5.69 Å². The van der Waals surface area contributed by atoms with Crippen molar-refractivity contribution in [3.8, 4) is 0 Å². The number of nitrogens with one attached hydrogen (secondary N) is 2. The van der Waals surface area contributed by atoms with E-state index in [9.17, 15) is 14.4 Å². The van der Waals surface area contributed by atoms with E-state index in [1.165, 1.54) is 7.05 Å². The second-order valence-electron chi connectivity index (χ2n) is 8.21. The SMILES string of the molecule is CNC(=O)c1ccc(N2CCN(Cc3ccc4c(=O)n(C)c(=O)[nH]c4c3C)CC2)c(C)n1. The highest BCUT2D eigenvalue weighted by Gasteiger charge is 2.21. The lowest BCUT2D eigenvalue weighted by molar-refractivity contribution is 0.0958. The van der Waals surface area contributed by atoms with E-state index in [2.05, 4.69) is 25.1 Å². The number of carbonyl (C=O) groups excluding carboxylic acids is 1. The normalized spacial score (nSPS) is 14.7. The lowest BCUT2D eigenvalue weighted by atomic mass is 10.0. The number of aromatic nitrogens is 3. The molecule has 1 aromatic carbocycles. The van der Waals surface area contributed by atoms with Gasteiger partial charge in [-0.25, -0.2) is 9.78 Å². The van der Waals surface area contributed by atoms with Crippen LogP contribution in [0, 0.1) is 13.8 Å². The van der Waals surface area contributed by atoms with Gasteiger partial charge in [-0.05, 0) is 43.2 Å². The number of hydrogen-bond acceptors (Lipinski definition) is 6. The molecule has 2 aromatic heterocycles.